The van der Waals surface area contributed by atoms with E-state index in [1.165, 1.54) is 12.8 Å². The maximum atomic E-state index is 12.0. The summed E-state index contributed by atoms with van der Waals surface area (Å²) in [7, 11) is 3.21. The number of methoxy groups -OCH3 is 2. The number of aliphatic carboxylic acids is 1. The van der Waals surface area contributed by atoms with Crippen LogP contribution in [0.5, 0.6) is 11.5 Å². The molecule has 0 radical (unpaired) electrons. The Bertz CT molecular complexity index is 588. The van der Waals surface area contributed by atoms with Crippen LogP contribution in [0.1, 0.15) is 69.8 Å². The lowest BCUT2D eigenvalue weighted by atomic mass is 10.1. The van der Waals surface area contributed by atoms with E-state index in [0.29, 0.717) is 24.3 Å². The highest BCUT2D eigenvalue weighted by Gasteiger charge is 2.07. The van der Waals surface area contributed by atoms with Crippen LogP contribution in [0.15, 0.2) is 18.2 Å². The van der Waals surface area contributed by atoms with Crippen molar-refractivity contribution in [2.75, 3.05) is 20.8 Å². The molecule has 0 aliphatic rings. The van der Waals surface area contributed by atoms with Crippen LogP contribution in [0.3, 0.4) is 0 Å². The number of nitrogens with one attached hydrogen (secondary N) is 1. The van der Waals surface area contributed by atoms with Gasteiger partial charge in [0, 0.05) is 19.4 Å². The molecule has 6 heteroatoms. The van der Waals surface area contributed by atoms with Crippen LogP contribution in [0.25, 0.3) is 0 Å². The van der Waals surface area contributed by atoms with Crippen molar-refractivity contribution in [2.45, 2.75) is 70.6 Å². The topological polar surface area (TPSA) is 84.9 Å². The summed E-state index contributed by atoms with van der Waals surface area (Å²) in [5.74, 6) is 0.747. The van der Waals surface area contributed by atoms with Crippen molar-refractivity contribution in [2.24, 2.45) is 0 Å². The molecule has 158 valence electrons. The van der Waals surface area contributed by atoms with Gasteiger partial charge >= 0.3 is 5.97 Å². The molecule has 1 amide bonds. The molecule has 6 nitrogen and oxygen atoms in total. The molecule has 0 aromatic heterocycles. The summed E-state index contributed by atoms with van der Waals surface area (Å²) in [6.07, 6.45) is 9.95. The zero-order valence-corrected chi connectivity index (χ0v) is 17.3. The monoisotopic (exact) mass is 393 g/mol. The molecule has 0 saturated heterocycles. The van der Waals surface area contributed by atoms with Crippen molar-refractivity contribution in [1.82, 2.24) is 5.32 Å². The van der Waals surface area contributed by atoms with Crippen molar-refractivity contribution < 1.29 is 24.2 Å². The van der Waals surface area contributed by atoms with Gasteiger partial charge in [-0.1, -0.05) is 44.6 Å². The molecular formula is C22H35NO5. The third kappa shape index (κ3) is 10.8. The first kappa shape index (κ1) is 23.8. The van der Waals surface area contributed by atoms with Crippen LogP contribution >= 0.6 is 0 Å². The van der Waals surface area contributed by atoms with Crippen molar-refractivity contribution in [3.8, 4) is 11.5 Å². The summed E-state index contributed by atoms with van der Waals surface area (Å²) in [4.78, 5) is 22.4. The smallest absolute Gasteiger partial charge is 0.303 e. The number of hydrogen-bond donors (Lipinski definition) is 2. The standard InChI is InChI=1S/C22H35NO5/c1-27-19-14-12-18(17-20(19)28-2)13-15-21(24)23-16-10-8-6-4-3-5-7-9-11-22(25)26/h12,14,17H,3-11,13,15-16H2,1-2H3,(H,23,24)(H,25,26). The average Bonchev–Trinajstić information content (AvgIpc) is 2.69. The van der Waals surface area contributed by atoms with E-state index >= 15 is 0 Å². The SMILES string of the molecule is COc1ccc(CCC(=O)NCCCCCCCCCCC(=O)O)cc1OC. The van der Waals surface area contributed by atoms with Crippen LogP contribution in [-0.4, -0.2) is 37.7 Å². The van der Waals surface area contributed by atoms with E-state index in [-0.39, 0.29) is 12.3 Å². The number of rotatable bonds is 16. The molecule has 0 aliphatic carbocycles. The summed E-state index contributed by atoms with van der Waals surface area (Å²) >= 11 is 0. The number of carboxylic acid groups (broad SMARTS) is 1. The molecule has 28 heavy (non-hydrogen) atoms. The van der Waals surface area contributed by atoms with E-state index in [1.54, 1.807) is 14.2 Å². The van der Waals surface area contributed by atoms with E-state index in [9.17, 15) is 9.59 Å². The molecule has 2 N–H and O–H groups in total. The zero-order valence-electron chi connectivity index (χ0n) is 17.3. The van der Waals surface area contributed by atoms with E-state index in [4.69, 9.17) is 14.6 Å². The van der Waals surface area contributed by atoms with Gasteiger partial charge in [0.15, 0.2) is 11.5 Å². The zero-order chi connectivity index (χ0) is 20.6. The number of ether oxygens (including phenoxy) is 2. The molecule has 0 atom stereocenters. The summed E-state index contributed by atoms with van der Waals surface area (Å²) in [5, 5.41) is 11.6. The van der Waals surface area contributed by atoms with Crippen LogP contribution < -0.4 is 14.8 Å². The number of carbonyl (C=O) groups excluding carboxylic acids is 1. The number of amides is 1. The maximum Gasteiger partial charge on any atom is 0.303 e. The van der Waals surface area contributed by atoms with Gasteiger partial charge in [-0.15, -0.1) is 0 Å². The first-order chi connectivity index (χ1) is 13.6. The Labute approximate surface area is 168 Å². The maximum absolute atomic E-state index is 12.0. The minimum Gasteiger partial charge on any atom is -0.493 e. The first-order valence-corrected chi connectivity index (χ1v) is 10.3. The number of hydrogen-bond acceptors (Lipinski definition) is 4. The first-order valence-electron chi connectivity index (χ1n) is 10.3. The van der Waals surface area contributed by atoms with Gasteiger partial charge in [-0.05, 0) is 37.0 Å². The van der Waals surface area contributed by atoms with Crippen molar-refractivity contribution in [3.05, 3.63) is 23.8 Å². The highest BCUT2D eigenvalue weighted by Crippen LogP contribution is 2.27. The Morgan fingerprint density at radius 1 is 0.857 bits per heavy atom. The fourth-order valence-electron chi connectivity index (χ4n) is 3.07. The Kier molecular flexibility index (Phi) is 12.6. The van der Waals surface area contributed by atoms with Crippen molar-refractivity contribution >= 4 is 11.9 Å². The molecule has 0 aliphatic heterocycles. The molecule has 1 rings (SSSR count). The molecule has 0 fully saturated rings. The highest BCUT2D eigenvalue weighted by atomic mass is 16.5. The second kappa shape index (κ2) is 14.8. The van der Waals surface area contributed by atoms with Crippen molar-refractivity contribution in [1.29, 1.82) is 0 Å². The molecular weight excluding hydrogens is 358 g/mol. The number of unbranched alkanes of at least 4 members (excludes halogenated alkanes) is 7. The molecule has 1 aromatic rings. The normalized spacial score (nSPS) is 10.5. The van der Waals surface area contributed by atoms with E-state index in [1.807, 2.05) is 18.2 Å². The van der Waals surface area contributed by atoms with Gasteiger partial charge in [-0.25, -0.2) is 0 Å². The predicted molar refractivity (Wildman–Crippen MR) is 110 cm³/mol. The van der Waals surface area contributed by atoms with E-state index in [0.717, 1.165) is 50.6 Å². The number of benzene rings is 1. The average molecular weight is 394 g/mol. The molecule has 0 heterocycles. The second-order valence-electron chi connectivity index (χ2n) is 7.01. The summed E-state index contributed by atoms with van der Waals surface area (Å²) < 4.78 is 10.5. The van der Waals surface area contributed by atoms with Gasteiger partial charge in [0.25, 0.3) is 0 Å². The van der Waals surface area contributed by atoms with E-state index in [2.05, 4.69) is 5.32 Å². The molecule has 0 spiro atoms. The minimum absolute atomic E-state index is 0.0771. The molecule has 0 bridgehead atoms. The number of aryl methyl sites for hydroxylation is 1. The van der Waals surface area contributed by atoms with Crippen LogP contribution in [0.4, 0.5) is 0 Å². The van der Waals surface area contributed by atoms with Crippen molar-refractivity contribution in [3.63, 3.8) is 0 Å². The largest absolute Gasteiger partial charge is 0.493 e. The van der Waals surface area contributed by atoms with Gasteiger partial charge in [-0.2, -0.15) is 0 Å². The number of carboxylic acids is 1. The lowest BCUT2D eigenvalue weighted by Gasteiger charge is -2.10. The van der Waals surface area contributed by atoms with E-state index < -0.39 is 5.97 Å². The Morgan fingerprint density at radius 2 is 1.46 bits per heavy atom. The highest BCUT2D eigenvalue weighted by molar-refractivity contribution is 5.76. The minimum atomic E-state index is -0.703. The van der Waals surface area contributed by atoms with Gasteiger partial charge < -0.3 is 19.9 Å². The van der Waals surface area contributed by atoms with Gasteiger partial charge in [0.2, 0.25) is 5.91 Å². The fraction of sp³-hybridized carbons (Fsp3) is 0.636. The Balaban J connectivity index is 2.02. The molecule has 1 aromatic carbocycles. The molecule has 0 unspecified atom stereocenters. The fourth-order valence-corrected chi connectivity index (χ4v) is 3.07. The summed E-state index contributed by atoms with van der Waals surface area (Å²) in [6, 6.07) is 5.72. The lowest BCUT2D eigenvalue weighted by molar-refractivity contribution is -0.137. The Hall–Kier alpha value is -2.24. The van der Waals surface area contributed by atoms with Crippen LogP contribution in [-0.2, 0) is 16.0 Å². The van der Waals surface area contributed by atoms with Gasteiger partial charge in [0.1, 0.15) is 0 Å². The summed E-state index contributed by atoms with van der Waals surface area (Å²) in [6.45, 7) is 0.726. The third-order valence-electron chi connectivity index (χ3n) is 4.73. The van der Waals surface area contributed by atoms with Gasteiger partial charge in [0.05, 0.1) is 14.2 Å². The van der Waals surface area contributed by atoms with Crippen LogP contribution in [0.2, 0.25) is 0 Å². The quantitative estimate of drug-likeness (QED) is 0.408. The lowest BCUT2D eigenvalue weighted by Crippen LogP contribution is -2.24. The van der Waals surface area contributed by atoms with Gasteiger partial charge in [-0.3, -0.25) is 9.59 Å². The predicted octanol–water partition coefficient (Wildman–Crippen LogP) is 4.35. The summed E-state index contributed by atoms with van der Waals surface area (Å²) in [5.41, 5.74) is 1.05. The van der Waals surface area contributed by atoms with Crippen LogP contribution in [0, 0.1) is 0 Å². The Morgan fingerprint density at radius 3 is 2.07 bits per heavy atom. The second-order valence-corrected chi connectivity index (χ2v) is 7.01. The molecule has 0 saturated carbocycles. The number of carbonyl (C=O) groups is 2. The third-order valence-corrected chi connectivity index (χ3v) is 4.73.